The second-order valence-electron chi connectivity index (χ2n) is 6.02. The summed E-state index contributed by atoms with van der Waals surface area (Å²) in [5.74, 6) is 1.18. The fourth-order valence-corrected chi connectivity index (χ4v) is 3.22. The van der Waals surface area contributed by atoms with Crippen molar-refractivity contribution < 1.29 is 4.79 Å². The van der Waals surface area contributed by atoms with Crippen molar-refractivity contribution in [2.75, 3.05) is 7.05 Å². The molecule has 1 saturated heterocycles. The molecule has 100 valence electrons. The summed E-state index contributed by atoms with van der Waals surface area (Å²) in [6.07, 6.45) is 2.30. The molecule has 1 fully saturated rings. The van der Waals surface area contributed by atoms with E-state index in [0.29, 0.717) is 30.0 Å². The van der Waals surface area contributed by atoms with E-state index in [2.05, 4.69) is 45.0 Å². The molecular formula is C14H28N2O. The highest BCUT2D eigenvalue weighted by Gasteiger charge is 2.32. The summed E-state index contributed by atoms with van der Waals surface area (Å²) in [5.41, 5.74) is 0. The van der Waals surface area contributed by atoms with Gasteiger partial charge in [-0.2, -0.15) is 0 Å². The van der Waals surface area contributed by atoms with E-state index >= 15 is 0 Å². The Morgan fingerprint density at radius 2 is 1.47 bits per heavy atom. The molecule has 0 bridgehead atoms. The monoisotopic (exact) mass is 240 g/mol. The van der Waals surface area contributed by atoms with Gasteiger partial charge in [-0.15, -0.1) is 0 Å². The molecule has 0 aromatic carbocycles. The van der Waals surface area contributed by atoms with Crippen LogP contribution in [0.15, 0.2) is 0 Å². The lowest BCUT2D eigenvalue weighted by atomic mass is 9.80. The van der Waals surface area contributed by atoms with Crippen molar-refractivity contribution in [2.24, 2.45) is 11.8 Å². The van der Waals surface area contributed by atoms with Crippen molar-refractivity contribution in [1.82, 2.24) is 10.2 Å². The summed E-state index contributed by atoms with van der Waals surface area (Å²) in [7, 11) is 2.22. The van der Waals surface area contributed by atoms with Gasteiger partial charge < -0.3 is 10.2 Å². The van der Waals surface area contributed by atoms with Crippen LogP contribution in [0.1, 0.15) is 47.5 Å². The van der Waals surface area contributed by atoms with E-state index in [0.717, 1.165) is 12.8 Å². The highest BCUT2D eigenvalue weighted by Crippen LogP contribution is 2.28. The van der Waals surface area contributed by atoms with Gasteiger partial charge in [0.05, 0.1) is 0 Å². The number of rotatable bonds is 1. The van der Waals surface area contributed by atoms with Crippen molar-refractivity contribution >= 4 is 5.91 Å². The minimum atomic E-state index is 0.0999. The van der Waals surface area contributed by atoms with Crippen LogP contribution in [0, 0.1) is 11.8 Å². The van der Waals surface area contributed by atoms with Gasteiger partial charge in [0.1, 0.15) is 0 Å². The predicted octanol–water partition coefficient (Wildman–Crippen LogP) is 2.27. The summed E-state index contributed by atoms with van der Waals surface area (Å²) in [4.78, 5) is 13.8. The van der Waals surface area contributed by atoms with Crippen LogP contribution in [0.4, 0.5) is 0 Å². The summed E-state index contributed by atoms with van der Waals surface area (Å²) in [6, 6.07) is 1.50. The number of carbonyl (C=O) groups is 1. The molecule has 3 nitrogen and oxygen atoms in total. The van der Waals surface area contributed by atoms with Crippen LogP contribution in [0.2, 0.25) is 0 Å². The first kappa shape index (κ1) is 14.5. The molecule has 17 heavy (non-hydrogen) atoms. The zero-order chi connectivity index (χ0) is 13.2. The van der Waals surface area contributed by atoms with E-state index in [-0.39, 0.29) is 5.91 Å². The van der Waals surface area contributed by atoms with Crippen molar-refractivity contribution in [2.45, 2.75) is 65.6 Å². The summed E-state index contributed by atoms with van der Waals surface area (Å²) in [6.45, 7) is 10.7. The fourth-order valence-electron chi connectivity index (χ4n) is 3.22. The molecule has 4 unspecified atom stereocenters. The van der Waals surface area contributed by atoms with Gasteiger partial charge in [0.15, 0.2) is 0 Å². The zero-order valence-electron chi connectivity index (χ0n) is 12.2. The number of carbonyl (C=O) groups excluding carboxylic acids is 1. The minimum Gasteiger partial charge on any atom is -0.353 e. The second kappa shape index (κ2) is 5.85. The molecule has 0 saturated carbocycles. The van der Waals surface area contributed by atoms with Crippen LogP contribution in [0.5, 0.6) is 0 Å². The number of nitrogens with one attached hydrogen (secondary N) is 1. The number of nitrogens with zero attached hydrogens (tertiary/aromatic N) is 1. The standard InChI is InChI=1S/C14H28N2O/c1-9-7-11(3)16(6)12(4)8-10(2)14(9)15-13(5)17/h9-12,14H,7-8H2,1-6H3,(H,15,17). The lowest BCUT2D eigenvalue weighted by Gasteiger charge is -2.41. The van der Waals surface area contributed by atoms with Crippen LogP contribution in [-0.4, -0.2) is 36.0 Å². The van der Waals surface area contributed by atoms with Crippen molar-refractivity contribution in [3.63, 3.8) is 0 Å². The van der Waals surface area contributed by atoms with Gasteiger partial charge in [0.25, 0.3) is 0 Å². The Bertz CT molecular complexity index is 249. The first-order valence-corrected chi connectivity index (χ1v) is 6.82. The highest BCUT2D eigenvalue weighted by atomic mass is 16.1. The first-order chi connectivity index (χ1) is 7.82. The van der Waals surface area contributed by atoms with Gasteiger partial charge in [0, 0.05) is 25.0 Å². The van der Waals surface area contributed by atoms with E-state index in [1.807, 2.05) is 0 Å². The average molecular weight is 240 g/mol. The third-order valence-electron chi connectivity index (χ3n) is 4.41. The third-order valence-corrected chi connectivity index (χ3v) is 4.41. The number of likely N-dealkylation sites (tertiary alicyclic amines) is 1. The molecule has 3 heteroatoms. The first-order valence-electron chi connectivity index (χ1n) is 6.82. The van der Waals surface area contributed by atoms with Crippen molar-refractivity contribution in [3.05, 3.63) is 0 Å². The zero-order valence-corrected chi connectivity index (χ0v) is 12.2. The predicted molar refractivity (Wildman–Crippen MR) is 71.9 cm³/mol. The van der Waals surface area contributed by atoms with Crippen molar-refractivity contribution in [3.8, 4) is 0 Å². The van der Waals surface area contributed by atoms with Gasteiger partial charge in [-0.1, -0.05) is 13.8 Å². The number of amides is 1. The third kappa shape index (κ3) is 3.70. The minimum absolute atomic E-state index is 0.0999. The Balaban J connectivity index is 2.80. The van der Waals surface area contributed by atoms with E-state index in [9.17, 15) is 4.79 Å². The van der Waals surface area contributed by atoms with Crippen LogP contribution >= 0.6 is 0 Å². The normalized spacial score (nSPS) is 40.5. The lowest BCUT2D eigenvalue weighted by Crippen LogP contribution is -2.50. The molecule has 4 atom stereocenters. The largest absolute Gasteiger partial charge is 0.353 e. The molecule has 0 spiro atoms. The van der Waals surface area contributed by atoms with Gasteiger partial charge in [-0.3, -0.25) is 4.79 Å². The topological polar surface area (TPSA) is 32.3 Å². The van der Waals surface area contributed by atoms with Gasteiger partial charge in [0.2, 0.25) is 5.91 Å². The van der Waals surface area contributed by atoms with E-state index in [1.54, 1.807) is 6.92 Å². The Morgan fingerprint density at radius 1 is 1.06 bits per heavy atom. The van der Waals surface area contributed by atoms with Crippen LogP contribution in [0.25, 0.3) is 0 Å². The second-order valence-corrected chi connectivity index (χ2v) is 6.02. The van der Waals surface area contributed by atoms with Crippen LogP contribution in [0.3, 0.4) is 0 Å². The number of hydrogen-bond donors (Lipinski definition) is 1. The maximum Gasteiger partial charge on any atom is 0.217 e. The smallest absolute Gasteiger partial charge is 0.217 e. The summed E-state index contributed by atoms with van der Waals surface area (Å²) >= 11 is 0. The van der Waals surface area contributed by atoms with Gasteiger partial charge in [-0.25, -0.2) is 0 Å². The molecule has 1 N–H and O–H groups in total. The van der Waals surface area contributed by atoms with Gasteiger partial charge >= 0.3 is 0 Å². The molecule has 0 aromatic heterocycles. The molecule has 0 aliphatic carbocycles. The average Bonchev–Trinajstić information content (AvgIpc) is 2.22. The highest BCUT2D eigenvalue weighted by molar-refractivity contribution is 5.73. The molecular weight excluding hydrogens is 212 g/mol. The van der Waals surface area contributed by atoms with E-state index in [1.165, 1.54) is 0 Å². The van der Waals surface area contributed by atoms with Crippen LogP contribution < -0.4 is 5.32 Å². The molecule has 1 aliphatic heterocycles. The Kier molecular flexibility index (Phi) is 4.99. The Labute approximate surface area is 106 Å². The summed E-state index contributed by atoms with van der Waals surface area (Å²) in [5, 5.41) is 3.15. The number of hydrogen-bond acceptors (Lipinski definition) is 2. The molecule has 1 amide bonds. The fraction of sp³-hybridized carbons (Fsp3) is 0.929. The summed E-state index contributed by atoms with van der Waals surface area (Å²) < 4.78 is 0. The lowest BCUT2D eigenvalue weighted by molar-refractivity contribution is -0.120. The molecule has 0 radical (unpaired) electrons. The maximum atomic E-state index is 11.3. The molecule has 1 rings (SSSR count). The molecule has 0 aromatic rings. The van der Waals surface area contributed by atoms with E-state index < -0.39 is 0 Å². The quantitative estimate of drug-likeness (QED) is 0.762. The molecule has 1 aliphatic rings. The SMILES string of the molecule is CC(=O)NC1C(C)CC(C)N(C)C(C)CC1C. The van der Waals surface area contributed by atoms with Crippen LogP contribution in [-0.2, 0) is 4.79 Å². The molecule has 1 heterocycles. The maximum absolute atomic E-state index is 11.3. The van der Waals surface area contributed by atoms with Crippen molar-refractivity contribution in [1.29, 1.82) is 0 Å². The Hall–Kier alpha value is -0.570. The van der Waals surface area contributed by atoms with Gasteiger partial charge in [-0.05, 0) is 45.6 Å². The Morgan fingerprint density at radius 3 is 1.82 bits per heavy atom. The van der Waals surface area contributed by atoms with E-state index in [4.69, 9.17) is 0 Å².